The topological polar surface area (TPSA) is 42.4 Å². The molecule has 1 amide bonds. The highest BCUT2D eigenvalue weighted by molar-refractivity contribution is 7.11. The van der Waals surface area contributed by atoms with Crippen LogP contribution in [-0.2, 0) is 4.74 Å². The Morgan fingerprint density at radius 3 is 3.11 bits per heavy atom. The van der Waals surface area contributed by atoms with Gasteiger partial charge in [0.25, 0.3) is 5.91 Å². The first kappa shape index (κ1) is 14.5. The van der Waals surface area contributed by atoms with Gasteiger partial charge in [-0.15, -0.1) is 11.3 Å². The number of hydrogen-bond donors (Lipinski definition) is 0. The first-order valence-electron chi connectivity index (χ1n) is 6.97. The second-order valence-electron chi connectivity index (χ2n) is 5.23. The summed E-state index contributed by atoms with van der Waals surface area (Å²) in [5.41, 5.74) is 2.70. The van der Waals surface area contributed by atoms with Gasteiger partial charge >= 0.3 is 0 Å². The van der Waals surface area contributed by atoms with Gasteiger partial charge < -0.3 is 9.64 Å². The molecule has 0 radical (unpaired) electrons. The van der Waals surface area contributed by atoms with E-state index in [-0.39, 0.29) is 17.9 Å². The van der Waals surface area contributed by atoms with E-state index in [4.69, 9.17) is 4.74 Å². The van der Waals surface area contributed by atoms with Crippen LogP contribution in [-0.4, -0.2) is 41.6 Å². The van der Waals surface area contributed by atoms with E-state index in [0.717, 1.165) is 36.6 Å². The largest absolute Gasteiger partial charge is 0.376 e. The average molecular weight is 282 g/mol. The molecule has 1 aliphatic heterocycles. The standard InChI is InChI=1S/C14H22N2O2S/c1-4-11-8-16(6-5-7-18-11)14(17)13-12(10(2)3)15-9-19-13/h9-11H,4-8H2,1-3H3. The molecule has 1 unspecified atom stereocenters. The van der Waals surface area contributed by atoms with Gasteiger partial charge in [-0.05, 0) is 18.8 Å². The molecule has 4 nitrogen and oxygen atoms in total. The summed E-state index contributed by atoms with van der Waals surface area (Å²) in [4.78, 5) is 19.7. The zero-order chi connectivity index (χ0) is 13.8. The van der Waals surface area contributed by atoms with Crippen molar-refractivity contribution in [2.75, 3.05) is 19.7 Å². The van der Waals surface area contributed by atoms with Crippen molar-refractivity contribution < 1.29 is 9.53 Å². The minimum absolute atomic E-state index is 0.121. The second kappa shape index (κ2) is 6.48. The zero-order valence-electron chi connectivity index (χ0n) is 11.9. The van der Waals surface area contributed by atoms with Gasteiger partial charge in [-0.2, -0.15) is 0 Å². The van der Waals surface area contributed by atoms with Crippen LogP contribution in [0.25, 0.3) is 0 Å². The highest BCUT2D eigenvalue weighted by Crippen LogP contribution is 2.24. The molecule has 2 heterocycles. The van der Waals surface area contributed by atoms with Crippen molar-refractivity contribution in [3.8, 4) is 0 Å². The molecule has 0 saturated carbocycles. The molecular weight excluding hydrogens is 260 g/mol. The van der Waals surface area contributed by atoms with Crippen molar-refractivity contribution in [2.24, 2.45) is 0 Å². The van der Waals surface area contributed by atoms with Crippen molar-refractivity contribution in [3.63, 3.8) is 0 Å². The lowest BCUT2D eigenvalue weighted by molar-refractivity contribution is 0.0461. The van der Waals surface area contributed by atoms with E-state index < -0.39 is 0 Å². The van der Waals surface area contributed by atoms with Crippen molar-refractivity contribution in [1.82, 2.24) is 9.88 Å². The first-order chi connectivity index (χ1) is 9.13. The van der Waals surface area contributed by atoms with E-state index in [1.165, 1.54) is 11.3 Å². The molecule has 1 aromatic heterocycles. The molecule has 5 heteroatoms. The predicted octanol–water partition coefficient (Wildman–Crippen LogP) is 2.91. The molecule has 0 aliphatic carbocycles. The third-order valence-electron chi connectivity index (χ3n) is 3.43. The number of aromatic nitrogens is 1. The van der Waals surface area contributed by atoms with E-state index >= 15 is 0 Å². The summed E-state index contributed by atoms with van der Waals surface area (Å²) in [6.07, 6.45) is 2.03. The lowest BCUT2D eigenvalue weighted by atomic mass is 10.1. The minimum Gasteiger partial charge on any atom is -0.376 e. The number of rotatable bonds is 3. The molecule has 1 saturated heterocycles. The number of carbonyl (C=O) groups is 1. The number of ether oxygens (including phenoxy) is 1. The Bertz CT molecular complexity index is 431. The molecule has 106 valence electrons. The Hall–Kier alpha value is -0.940. The van der Waals surface area contributed by atoms with Gasteiger partial charge in [-0.3, -0.25) is 4.79 Å². The van der Waals surface area contributed by atoms with Crippen LogP contribution in [0.15, 0.2) is 5.51 Å². The summed E-state index contributed by atoms with van der Waals surface area (Å²) in [6.45, 7) is 8.49. The summed E-state index contributed by atoms with van der Waals surface area (Å²) in [5, 5.41) is 0. The third kappa shape index (κ3) is 3.34. The predicted molar refractivity (Wildman–Crippen MR) is 76.8 cm³/mol. The maximum absolute atomic E-state index is 12.6. The lowest BCUT2D eigenvalue weighted by Crippen LogP contribution is -2.36. The van der Waals surface area contributed by atoms with Crippen LogP contribution in [0.2, 0.25) is 0 Å². The summed E-state index contributed by atoms with van der Waals surface area (Å²) in [6, 6.07) is 0. The highest BCUT2D eigenvalue weighted by Gasteiger charge is 2.26. The Balaban J connectivity index is 2.15. The molecule has 2 rings (SSSR count). The van der Waals surface area contributed by atoms with E-state index in [1.54, 1.807) is 5.51 Å². The lowest BCUT2D eigenvalue weighted by Gasteiger charge is -2.23. The van der Waals surface area contributed by atoms with Gasteiger partial charge in [0.1, 0.15) is 4.88 Å². The molecule has 19 heavy (non-hydrogen) atoms. The fourth-order valence-corrected chi connectivity index (χ4v) is 3.21. The van der Waals surface area contributed by atoms with E-state index in [2.05, 4.69) is 25.8 Å². The van der Waals surface area contributed by atoms with Crippen LogP contribution in [0.4, 0.5) is 0 Å². The molecule has 1 fully saturated rings. The summed E-state index contributed by atoms with van der Waals surface area (Å²) in [7, 11) is 0. The smallest absolute Gasteiger partial charge is 0.265 e. The Labute approximate surface area is 118 Å². The van der Waals surface area contributed by atoms with Gasteiger partial charge in [-0.1, -0.05) is 20.8 Å². The Kier molecular flexibility index (Phi) is 4.93. The molecule has 1 aromatic rings. The zero-order valence-corrected chi connectivity index (χ0v) is 12.7. The van der Waals surface area contributed by atoms with Crippen LogP contribution in [0.5, 0.6) is 0 Å². The van der Waals surface area contributed by atoms with Crippen LogP contribution in [0.3, 0.4) is 0 Å². The summed E-state index contributed by atoms with van der Waals surface area (Å²) >= 11 is 1.45. The molecule has 1 aliphatic rings. The SMILES string of the molecule is CCC1CN(C(=O)c2scnc2C(C)C)CCCO1. The van der Waals surface area contributed by atoms with E-state index in [1.807, 2.05) is 4.90 Å². The monoisotopic (exact) mass is 282 g/mol. The van der Waals surface area contributed by atoms with Crippen LogP contribution < -0.4 is 0 Å². The van der Waals surface area contributed by atoms with Crippen molar-refractivity contribution >= 4 is 17.2 Å². The van der Waals surface area contributed by atoms with Gasteiger partial charge in [0.15, 0.2) is 0 Å². The van der Waals surface area contributed by atoms with E-state index in [9.17, 15) is 4.79 Å². The quantitative estimate of drug-likeness (QED) is 0.856. The Morgan fingerprint density at radius 2 is 2.42 bits per heavy atom. The number of nitrogens with zero attached hydrogens (tertiary/aromatic N) is 2. The number of amides is 1. The summed E-state index contributed by atoms with van der Waals surface area (Å²) < 4.78 is 5.72. The van der Waals surface area contributed by atoms with Gasteiger partial charge in [0.2, 0.25) is 0 Å². The number of carbonyl (C=O) groups excluding carboxylic acids is 1. The molecule has 0 N–H and O–H groups in total. The maximum atomic E-state index is 12.6. The summed E-state index contributed by atoms with van der Waals surface area (Å²) in [5.74, 6) is 0.408. The fraction of sp³-hybridized carbons (Fsp3) is 0.714. The number of thiazole rings is 1. The third-order valence-corrected chi connectivity index (χ3v) is 4.26. The van der Waals surface area contributed by atoms with Crippen molar-refractivity contribution in [2.45, 2.75) is 45.6 Å². The number of hydrogen-bond acceptors (Lipinski definition) is 4. The van der Waals surface area contributed by atoms with Crippen LogP contribution in [0.1, 0.15) is 54.9 Å². The first-order valence-corrected chi connectivity index (χ1v) is 7.85. The molecular formula is C14H22N2O2S. The minimum atomic E-state index is 0.121. The van der Waals surface area contributed by atoms with Crippen molar-refractivity contribution in [3.05, 3.63) is 16.1 Å². The van der Waals surface area contributed by atoms with Gasteiger partial charge in [0, 0.05) is 19.7 Å². The molecule has 0 bridgehead atoms. The van der Waals surface area contributed by atoms with E-state index in [0.29, 0.717) is 6.54 Å². The fourth-order valence-electron chi connectivity index (χ4n) is 2.30. The molecule has 0 spiro atoms. The molecule has 0 aromatic carbocycles. The average Bonchev–Trinajstić information content (AvgIpc) is 2.76. The van der Waals surface area contributed by atoms with Gasteiger partial charge in [0.05, 0.1) is 17.3 Å². The molecule has 1 atom stereocenters. The Morgan fingerprint density at radius 1 is 1.63 bits per heavy atom. The van der Waals surface area contributed by atoms with Gasteiger partial charge in [-0.25, -0.2) is 4.98 Å². The normalized spacial score (nSPS) is 20.6. The van der Waals surface area contributed by atoms with Crippen molar-refractivity contribution in [1.29, 1.82) is 0 Å². The van der Waals surface area contributed by atoms with Crippen LogP contribution in [0, 0.1) is 0 Å². The maximum Gasteiger partial charge on any atom is 0.265 e. The highest BCUT2D eigenvalue weighted by atomic mass is 32.1. The second-order valence-corrected chi connectivity index (χ2v) is 6.08. The van der Waals surface area contributed by atoms with Crippen LogP contribution >= 0.6 is 11.3 Å².